The van der Waals surface area contributed by atoms with Crippen molar-refractivity contribution in [3.8, 4) is 0 Å². The molecule has 0 aromatic heterocycles. The van der Waals surface area contributed by atoms with Gasteiger partial charge in [-0.3, -0.25) is 4.79 Å². The van der Waals surface area contributed by atoms with Gasteiger partial charge in [-0.1, -0.05) is 24.9 Å². The van der Waals surface area contributed by atoms with Crippen LogP contribution < -0.4 is 5.32 Å². The maximum absolute atomic E-state index is 11.5. The maximum Gasteiger partial charge on any atom is 0.325 e. The first-order chi connectivity index (χ1) is 8.11. The third-order valence-electron chi connectivity index (χ3n) is 2.31. The molecule has 1 unspecified atom stereocenters. The van der Waals surface area contributed by atoms with Crippen LogP contribution in [0, 0.1) is 0 Å². The van der Waals surface area contributed by atoms with Gasteiger partial charge in [-0.2, -0.15) is 0 Å². The van der Waals surface area contributed by atoms with Crippen LogP contribution in [0.25, 0.3) is 0 Å². The Bertz CT molecular complexity index is 351. The van der Waals surface area contributed by atoms with Crippen molar-refractivity contribution in [2.24, 2.45) is 0 Å². The molecule has 3 nitrogen and oxygen atoms in total. The zero-order chi connectivity index (χ0) is 12.7. The zero-order valence-electron chi connectivity index (χ0n) is 10.2. The van der Waals surface area contributed by atoms with Gasteiger partial charge in [-0.25, -0.2) is 0 Å². The Morgan fingerprint density at radius 1 is 1.41 bits per heavy atom. The highest BCUT2D eigenvalue weighted by molar-refractivity contribution is 6.30. The van der Waals surface area contributed by atoms with Crippen LogP contribution in [-0.4, -0.2) is 18.6 Å². The fraction of sp³-hybridized carbons (Fsp3) is 0.462. The molecule has 1 rings (SSSR count). The van der Waals surface area contributed by atoms with Crippen LogP contribution >= 0.6 is 11.6 Å². The van der Waals surface area contributed by atoms with E-state index in [1.165, 1.54) is 0 Å². The highest BCUT2D eigenvalue weighted by Crippen LogP contribution is 2.13. The minimum atomic E-state index is -0.235. The second-order valence-corrected chi connectivity index (χ2v) is 4.39. The smallest absolute Gasteiger partial charge is 0.325 e. The van der Waals surface area contributed by atoms with E-state index in [4.69, 9.17) is 16.3 Å². The van der Waals surface area contributed by atoms with E-state index in [2.05, 4.69) is 12.2 Å². The number of carbonyl (C=O) groups excluding carboxylic acids is 1. The van der Waals surface area contributed by atoms with Crippen molar-refractivity contribution >= 4 is 23.3 Å². The van der Waals surface area contributed by atoms with Gasteiger partial charge in [0.25, 0.3) is 0 Å². The molecular weight excluding hydrogens is 238 g/mol. The number of ether oxygens (including phenoxy) is 1. The molecule has 0 radical (unpaired) electrons. The fourth-order valence-electron chi connectivity index (χ4n) is 1.47. The number of hydrogen-bond donors (Lipinski definition) is 1. The van der Waals surface area contributed by atoms with Crippen LogP contribution in [0.15, 0.2) is 24.3 Å². The van der Waals surface area contributed by atoms with E-state index in [-0.39, 0.29) is 18.6 Å². The molecule has 1 aromatic carbocycles. The molecule has 0 aliphatic carbocycles. The summed E-state index contributed by atoms with van der Waals surface area (Å²) in [7, 11) is 0. The average molecular weight is 256 g/mol. The first-order valence-electron chi connectivity index (χ1n) is 5.80. The predicted molar refractivity (Wildman–Crippen MR) is 70.4 cm³/mol. The molecule has 1 N–H and O–H groups in total. The van der Waals surface area contributed by atoms with Crippen molar-refractivity contribution in [1.29, 1.82) is 0 Å². The minimum absolute atomic E-state index is 0.0143. The van der Waals surface area contributed by atoms with E-state index in [1.807, 2.05) is 19.1 Å². The first kappa shape index (κ1) is 13.8. The van der Waals surface area contributed by atoms with Gasteiger partial charge in [0.15, 0.2) is 0 Å². The lowest BCUT2D eigenvalue weighted by Gasteiger charge is -2.12. The molecule has 0 spiro atoms. The second kappa shape index (κ2) is 7.17. The lowest BCUT2D eigenvalue weighted by Crippen LogP contribution is -2.21. The number of halogens is 1. The number of anilines is 1. The Morgan fingerprint density at radius 2 is 2.06 bits per heavy atom. The summed E-state index contributed by atoms with van der Waals surface area (Å²) in [5.41, 5.74) is 0.856. The van der Waals surface area contributed by atoms with Gasteiger partial charge in [-0.05, 0) is 37.6 Å². The highest BCUT2D eigenvalue weighted by Gasteiger charge is 2.07. The van der Waals surface area contributed by atoms with Crippen molar-refractivity contribution < 1.29 is 9.53 Å². The van der Waals surface area contributed by atoms with Crippen LogP contribution in [0.1, 0.15) is 26.7 Å². The quantitative estimate of drug-likeness (QED) is 0.791. The Morgan fingerprint density at radius 3 is 2.65 bits per heavy atom. The van der Waals surface area contributed by atoms with E-state index in [1.54, 1.807) is 12.1 Å². The molecule has 0 saturated carbocycles. The van der Waals surface area contributed by atoms with Crippen molar-refractivity contribution in [2.75, 3.05) is 11.9 Å². The van der Waals surface area contributed by atoms with Crippen molar-refractivity contribution in [3.63, 3.8) is 0 Å². The lowest BCUT2D eigenvalue weighted by atomic mass is 10.2. The Balaban J connectivity index is 2.30. The van der Waals surface area contributed by atoms with E-state index >= 15 is 0 Å². The SMILES string of the molecule is CCCC(C)OC(=O)CNc1ccc(Cl)cc1. The molecule has 0 bridgehead atoms. The normalized spacial score (nSPS) is 11.9. The van der Waals surface area contributed by atoms with Gasteiger partial charge in [0, 0.05) is 10.7 Å². The third kappa shape index (κ3) is 5.59. The molecule has 0 amide bonds. The third-order valence-corrected chi connectivity index (χ3v) is 2.56. The van der Waals surface area contributed by atoms with Crippen LogP contribution in [-0.2, 0) is 9.53 Å². The number of rotatable bonds is 6. The molecule has 0 heterocycles. The van der Waals surface area contributed by atoms with Crippen LogP contribution in [0.4, 0.5) is 5.69 Å². The van der Waals surface area contributed by atoms with Crippen molar-refractivity contribution in [2.45, 2.75) is 32.8 Å². The molecule has 4 heteroatoms. The van der Waals surface area contributed by atoms with Crippen molar-refractivity contribution in [3.05, 3.63) is 29.3 Å². The summed E-state index contributed by atoms with van der Waals surface area (Å²) in [6, 6.07) is 7.19. The molecule has 0 aliphatic rings. The van der Waals surface area contributed by atoms with Gasteiger partial charge in [0.1, 0.15) is 6.54 Å². The van der Waals surface area contributed by atoms with Crippen molar-refractivity contribution in [1.82, 2.24) is 0 Å². The largest absolute Gasteiger partial charge is 0.461 e. The monoisotopic (exact) mass is 255 g/mol. The summed E-state index contributed by atoms with van der Waals surface area (Å²) in [6.07, 6.45) is 1.89. The molecule has 1 atom stereocenters. The zero-order valence-corrected chi connectivity index (χ0v) is 11.0. The fourth-order valence-corrected chi connectivity index (χ4v) is 1.60. The van der Waals surface area contributed by atoms with Gasteiger partial charge < -0.3 is 10.1 Å². The van der Waals surface area contributed by atoms with Gasteiger partial charge >= 0.3 is 5.97 Å². The summed E-state index contributed by atoms with van der Waals surface area (Å²) in [5.74, 6) is -0.235. The Hall–Kier alpha value is -1.22. The van der Waals surface area contributed by atoms with E-state index in [0.717, 1.165) is 18.5 Å². The predicted octanol–water partition coefficient (Wildman–Crippen LogP) is 3.48. The minimum Gasteiger partial charge on any atom is -0.461 e. The topological polar surface area (TPSA) is 38.3 Å². The summed E-state index contributed by atoms with van der Waals surface area (Å²) in [5, 5.41) is 3.66. The highest BCUT2D eigenvalue weighted by atomic mass is 35.5. The first-order valence-corrected chi connectivity index (χ1v) is 6.18. The Labute approximate surface area is 107 Å². The number of hydrogen-bond acceptors (Lipinski definition) is 3. The number of esters is 1. The molecule has 0 aliphatic heterocycles. The molecule has 0 saturated heterocycles. The Kier molecular flexibility index (Phi) is 5.84. The maximum atomic E-state index is 11.5. The van der Waals surface area contributed by atoms with Gasteiger partial charge in [-0.15, -0.1) is 0 Å². The summed E-state index contributed by atoms with van der Waals surface area (Å²) in [6.45, 7) is 4.15. The molecule has 94 valence electrons. The standard InChI is InChI=1S/C13H18ClNO2/c1-3-4-10(2)17-13(16)9-15-12-7-5-11(14)6-8-12/h5-8,10,15H,3-4,9H2,1-2H3. The average Bonchev–Trinajstić information content (AvgIpc) is 2.28. The van der Waals surface area contributed by atoms with E-state index < -0.39 is 0 Å². The van der Waals surface area contributed by atoms with Gasteiger partial charge in [0.2, 0.25) is 0 Å². The summed E-state index contributed by atoms with van der Waals surface area (Å²) in [4.78, 5) is 11.5. The number of nitrogens with one attached hydrogen (secondary N) is 1. The van der Waals surface area contributed by atoms with E-state index in [0.29, 0.717) is 5.02 Å². The molecule has 1 aromatic rings. The molecule has 17 heavy (non-hydrogen) atoms. The van der Waals surface area contributed by atoms with Crippen LogP contribution in [0.2, 0.25) is 5.02 Å². The van der Waals surface area contributed by atoms with Crippen LogP contribution in [0.3, 0.4) is 0 Å². The van der Waals surface area contributed by atoms with Crippen LogP contribution in [0.5, 0.6) is 0 Å². The lowest BCUT2D eigenvalue weighted by molar-refractivity contribution is -0.146. The number of carbonyl (C=O) groups is 1. The second-order valence-electron chi connectivity index (χ2n) is 3.95. The van der Waals surface area contributed by atoms with E-state index in [9.17, 15) is 4.79 Å². The number of benzene rings is 1. The molecule has 0 fully saturated rings. The van der Waals surface area contributed by atoms with Gasteiger partial charge in [0.05, 0.1) is 6.10 Å². The molecular formula is C13H18ClNO2. The summed E-state index contributed by atoms with van der Waals surface area (Å²) >= 11 is 5.76. The summed E-state index contributed by atoms with van der Waals surface area (Å²) < 4.78 is 5.21.